The molecular formula is C11H16N2O. The molecule has 76 valence electrons. The summed E-state index contributed by atoms with van der Waals surface area (Å²) in [6.07, 6.45) is 1.13. The van der Waals surface area contributed by atoms with Gasteiger partial charge >= 0.3 is 0 Å². The van der Waals surface area contributed by atoms with Gasteiger partial charge in [-0.1, -0.05) is 30.3 Å². The van der Waals surface area contributed by atoms with E-state index in [0.29, 0.717) is 19.4 Å². The zero-order chi connectivity index (χ0) is 10.4. The van der Waals surface area contributed by atoms with Crippen LogP contribution in [0.25, 0.3) is 0 Å². The van der Waals surface area contributed by atoms with Crippen LogP contribution in [0.3, 0.4) is 0 Å². The first-order valence-corrected chi connectivity index (χ1v) is 4.78. The predicted molar refractivity (Wildman–Crippen MR) is 57.0 cm³/mol. The van der Waals surface area contributed by atoms with Crippen molar-refractivity contribution in [3.05, 3.63) is 35.9 Å². The zero-order valence-corrected chi connectivity index (χ0v) is 8.15. The smallest absolute Gasteiger partial charge is 0.162 e. The topological polar surface area (TPSA) is 69.1 Å². The van der Waals surface area contributed by atoms with Crippen LogP contribution in [-0.4, -0.2) is 18.4 Å². The molecule has 0 aliphatic rings. The van der Waals surface area contributed by atoms with Gasteiger partial charge in [-0.3, -0.25) is 4.79 Å². The molecule has 14 heavy (non-hydrogen) atoms. The minimum Gasteiger partial charge on any atom is -0.329 e. The molecule has 0 radical (unpaired) electrons. The van der Waals surface area contributed by atoms with Crippen LogP contribution in [0.2, 0.25) is 0 Å². The summed E-state index contributed by atoms with van der Waals surface area (Å²) in [6, 6.07) is 9.17. The lowest BCUT2D eigenvalue weighted by atomic mass is 10.0. The van der Waals surface area contributed by atoms with E-state index in [1.165, 1.54) is 0 Å². The maximum atomic E-state index is 11.6. The molecule has 0 aliphatic heterocycles. The van der Waals surface area contributed by atoms with Crippen molar-refractivity contribution in [2.45, 2.75) is 18.9 Å². The fourth-order valence-electron chi connectivity index (χ4n) is 1.20. The molecule has 3 heteroatoms. The Balaban J connectivity index is 2.44. The van der Waals surface area contributed by atoms with Crippen LogP contribution >= 0.6 is 0 Å². The van der Waals surface area contributed by atoms with Crippen molar-refractivity contribution in [3.8, 4) is 0 Å². The molecule has 1 aromatic carbocycles. The minimum atomic E-state index is -0.0670. The second-order valence-corrected chi connectivity index (χ2v) is 3.32. The summed E-state index contributed by atoms with van der Waals surface area (Å²) in [5.74, 6) is 0.134. The third-order valence-electron chi connectivity index (χ3n) is 2.14. The number of rotatable bonds is 5. The van der Waals surface area contributed by atoms with E-state index in [9.17, 15) is 4.79 Å². The Bertz CT molecular complexity index is 285. The van der Waals surface area contributed by atoms with Gasteiger partial charge in [-0.15, -0.1) is 0 Å². The van der Waals surface area contributed by atoms with E-state index >= 15 is 0 Å². The van der Waals surface area contributed by atoms with Gasteiger partial charge in [-0.2, -0.15) is 0 Å². The average molecular weight is 192 g/mol. The van der Waals surface area contributed by atoms with Gasteiger partial charge in [-0.25, -0.2) is 0 Å². The van der Waals surface area contributed by atoms with Gasteiger partial charge in [0, 0.05) is 24.6 Å². The van der Waals surface area contributed by atoms with Gasteiger partial charge in [0.05, 0.1) is 0 Å². The molecule has 1 atom stereocenters. The van der Waals surface area contributed by atoms with E-state index in [1.54, 1.807) is 0 Å². The Morgan fingerprint density at radius 2 is 1.93 bits per heavy atom. The van der Waals surface area contributed by atoms with E-state index in [0.717, 1.165) is 5.56 Å². The number of Topliss-reactive ketones (excluding diaryl/α,β-unsaturated/α-hetero) is 1. The van der Waals surface area contributed by atoms with Crippen molar-refractivity contribution in [1.82, 2.24) is 0 Å². The molecule has 0 amide bonds. The van der Waals surface area contributed by atoms with Crippen LogP contribution in [0, 0.1) is 0 Å². The van der Waals surface area contributed by atoms with E-state index in [2.05, 4.69) is 0 Å². The monoisotopic (exact) mass is 192 g/mol. The van der Waals surface area contributed by atoms with E-state index < -0.39 is 0 Å². The molecule has 1 unspecified atom stereocenters. The molecule has 0 saturated carbocycles. The molecule has 0 saturated heterocycles. The molecular weight excluding hydrogens is 176 g/mol. The maximum Gasteiger partial charge on any atom is 0.162 e. The van der Waals surface area contributed by atoms with Gasteiger partial charge < -0.3 is 11.5 Å². The fraction of sp³-hybridized carbons (Fsp3) is 0.364. The summed E-state index contributed by atoms with van der Waals surface area (Å²) in [5.41, 5.74) is 11.7. The van der Waals surface area contributed by atoms with E-state index in [-0.39, 0.29) is 11.8 Å². The first kappa shape index (κ1) is 10.9. The number of carbonyl (C=O) groups is 1. The Morgan fingerprint density at radius 3 is 2.50 bits per heavy atom. The maximum absolute atomic E-state index is 11.6. The molecule has 1 rings (SSSR count). The Kier molecular flexibility index (Phi) is 4.29. The SMILES string of the molecule is NCC(N)CCC(=O)c1ccccc1. The van der Waals surface area contributed by atoms with Crippen LogP contribution in [0.5, 0.6) is 0 Å². The van der Waals surface area contributed by atoms with Crippen molar-refractivity contribution in [2.75, 3.05) is 6.54 Å². The number of carbonyl (C=O) groups excluding carboxylic acids is 1. The highest BCUT2D eigenvalue weighted by Gasteiger charge is 2.07. The summed E-state index contributed by atoms with van der Waals surface area (Å²) in [4.78, 5) is 11.6. The van der Waals surface area contributed by atoms with Gasteiger partial charge in [0.2, 0.25) is 0 Å². The standard InChI is InChI=1S/C11H16N2O/c12-8-10(13)6-7-11(14)9-4-2-1-3-5-9/h1-5,10H,6-8,12-13H2. The number of ketones is 1. The first-order chi connectivity index (χ1) is 6.74. The molecule has 1 aromatic rings. The molecule has 0 fully saturated rings. The van der Waals surface area contributed by atoms with Crippen molar-refractivity contribution < 1.29 is 4.79 Å². The van der Waals surface area contributed by atoms with Crippen molar-refractivity contribution in [2.24, 2.45) is 11.5 Å². The lowest BCUT2D eigenvalue weighted by Crippen LogP contribution is -2.30. The van der Waals surface area contributed by atoms with Crippen LogP contribution in [-0.2, 0) is 0 Å². The number of hydrogen-bond donors (Lipinski definition) is 2. The summed E-state index contributed by atoms with van der Waals surface area (Å²) >= 11 is 0. The number of nitrogens with two attached hydrogens (primary N) is 2. The predicted octanol–water partition coefficient (Wildman–Crippen LogP) is 0.935. The van der Waals surface area contributed by atoms with E-state index in [4.69, 9.17) is 11.5 Å². The molecule has 4 N–H and O–H groups in total. The lowest BCUT2D eigenvalue weighted by Gasteiger charge is -2.06. The molecule has 0 heterocycles. The summed E-state index contributed by atoms with van der Waals surface area (Å²) in [5, 5.41) is 0. The summed E-state index contributed by atoms with van der Waals surface area (Å²) < 4.78 is 0. The third kappa shape index (κ3) is 3.28. The fourth-order valence-corrected chi connectivity index (χ4v) is 1.20. The second-order valence-electron chi connectivity index (χ2n) is 3.32. The van der Waals surface area contributed by atoms with Gasteiger partial charge in [0.25, 0.3) is 0 Å². The highest BCUT2D eigenvalue weighted by molar-refractivity contribution is 5.95. The first-order valence-electron chi connectivity index (χ1n) is 4.78. The molecule has 0 aromatic heterocycles. The Hall–Kier alpha value is -1.19. The largest absolute Gasteiger partial charge is 0.329 e. The summed E-state index contributed by atoms with van der Waals surface area (Å²) in [7, 11) is 0. The minimum absolute atomic E-state index is 0.0670. The average Bonchev–Trinajstić information content (AvgIpc) is 2.26. The summed E-state index contributed by atoms with van der Waals surface area (Å²) in [6.45, 7) is 0.433. The molecule has 0 aliphatic carbocycles. The van der Waals surface area contributed by atoms with E-state index in [1.807, 2.05) is 30.3 Å². The Labute approximate surface area is 84.1 Å². The van der Waals surface area contributed by atoms with Crippen molar-refractivity contribution >= 4 is 5.78 Å². The third-order valence-corrected chi connectivity index (χ3v) is 2.14. The second kappa shape index (κ2) is 5.52. The highest BCUT2D eigenvalue weighted by atomic mass is 16.1. The normalized spacial score (nSPS) is 12.4. The van der Waals surface area contributed by atoms with Crippen molar-refractivity contribution in [1.29, 1.82) is 0 Å². The van der Waals surface area contributed by atoms with Crippen LogP contribution in [0.15, 0.2) is 30.3 Å². The number of hydrogen-bond acceptors (Lipinski definition) is 3. The van der Waals surface area contributed by atoms with Gasteiger partial charge in [-0.05, 0) is 6.42 Å². The van der Waals surface area contributed by atoms with Gasteiger partial charge in [0.15, 0.2) is 5.78 Å². The van der Waals surface area contributed by atoms with Crippen LogP contribution in [0.1, 0.15) is 23.2 Å². The zero-order valence-electron chi connectivity index (χ0n) is 8.15. The van der Waals surface area contributed by atoms with Crippen LogP contribution < -0.4 is 11.5 Å². The van der Waals surface area contributed by atoms with Crippen LogP contribution in [0.4, 0.5) is 0 Å². The molecule has 0 spiro atoms. The molecule has 0 bridgehead atoms. The van der Waals surface area contributed by atoms with Gasteiger partial charge in [0.1, 0.15) is 0 Å². The quantitative estimate of drug-likeness (QED) is 0.682. The van der Waals surface area contributed by atoms with Crippen molar-refractivity contribution in [3.63, 3.8) is 0 Å². The Morgan fingerprint density at radius 1 is 1.29 bits per heavy atom. The molecule has 3 nitrogen and oxygen atoms in total. The highest BCUT2D eigenvalue weighted by Crippen LogP contribution is 2.05. The lowest BCUT2D eigenvalue weighted by molar-refractivity contribution is 0.0977. The number of benzene rings is 1.